The molecule has 3 rings (SSSR count). The van der Waals surface area contributed by atoms with E-state index in [1.54, 1.807) is 0 Å². The molecule has 0 saturated heterocycles. The lowest BCUT2D eigenvalue weighted by atomic mass is 10.2. The van der Waals surface area contributed by atoms with Crippen LogP contribution in [-0.2, 0) is 17.1 Å². The molecule has 0 spiro atoms. The molecule has 0 atom stereocenters. The molecule has 0 aliphatic carbocycles. The van der Waals surface area contributed by atoms with E-state index in [1.807, 2.05) is 0 Å². The molecule has 0 unspecified atom stereocenters. The summed E-state index contributed by atoms with van der Waals surface area (Å²) in [6.07, 6.45) is 1.06. The lowest BCUT2D eigenvalue weighted by Gasteiger charge is -2.30. The standard InChI is InChI=1S/C12H10ClF2N3O3S/c1-17-9(6-16-12(17)13)22(19,20)18-4-5-21-11-8(15)3-2-7(14)10(11)18/h2-3,6H,4-5H2,1H3. The fraction of sp³-hybridized carbons (Fsp3) is 0.250. The summed E-state index contributed by atoms with van der Waals surface area (Å²) in [5, 5.41) is -0.263. The summed E-state index contributed by atoms with van der Waals surface area (Å²) >= 11 is 5.74. The molecule has 1 aliphatic rings. The minimum atomic E-state index is -4.16. The zero-order valence-corrected chi connectivity index (χ0v) is 12.8. The van der Waals surface area contributed by atoms with Crippen LogP contribution in [0.4, 0.5) is 14.5 Å². The molecule has 0 amide bonds. The van der Waals surface area contributed by atoms with E-state index in [0.717, 1.165) is 27.2 Å². The van der Waals surface area contributed by atoms with E-state index in [-0.39, 0.29) is 23.5 Å². The van der Waals surface area contributed by atoms with Crippen molar-refractivity contribution in [3.63, 3.8) is 0 Å². The second-order valence-electron chi connectivity index (χ2n) is 4.56. The van der Waals surface area contributed by atoms with Gasteiger partial charge in [-0.25, -0.2) is 13.8 Å². The van der Waals surface area contributed by atoms with Crippen molar-refractivity contribution in [3.8, 4) is 5.75 Å². The summed E-state index contributed by atoms with van der Waals surface area (Å²) in [6.45, 7) is -0.253. The maximum atomic E-state index is 14.1. The molecule has 0 radical (unpaired) electrons. The monoisotopic (exact) mass is 349 g/mol. The van der Waals surface area contributed by atoms with Crippen LogP contribution in [0.15, 0.2) is 23.4 Å². The van der Waals surface area contributed by atoms with Crippen molar-refractivity contribution in [1.82, 2.24) is 9.55 Å². The van der Waals surface area contributed by atoms with Crippen LogP contribution in [0.3, 0.4) is 0 Å². The van der Waals surface area contributed by atoms with Gasteiger partial charge in [0.1, 0.15) is 12.3 Å². The topological polar surface area (TPSA) is 64.4 Å². The molecule has 6 nitrogen and oxygen atoms in total. The van der Waals surface area contributed by atoms with Crippen LogP contribution >= 0.6 is 11.6 Å². The Labute approximate surface area is 129 Å². The Morgan fingerprint density at radius 1 is 1.32 bits per heavy atom. The highest BCUT2D eigenvalue weighted by Gasteiger charge is 2.36. The van der Waals surface area contributed by atoms with Crippen molar-refractivity contribution in [1.29, 1.82) is 0 Å². The number of imidazole rings is 1. The number of rotatable bonds is 2. The highest BCUT2D eigenvalue weighted by atomic mass is 35.5. The number of hydrogen-bond acceptors (Lipinski definition) is 4. The predicted molar refractivity (Wildman–Crippen MR) is 74.6 cm³/mol. The first-order valence-electron chi connectivity index (χ1n) is 6.15. The van der Waals surface area contributed by atoms with Crippen molar-refractivity contribution in [2.24, 2.45) is 7.05 Å². The summed E-state index contributed by atoms with van der Waals surface area (Å²) in [4.78, 5) is 3.70. The first kappa shape index (κ1) is 15.0. The second kappa shape index (κ2) is 5.10. The Hall–Kier alpha value is -1.87. The van der Waals surface area contributed by atoms with Crippen molar-refractivity contribution in [3.05, 3.63) is 35.2 Å². The van der Waals surface area contributed by atoms with Gasteiger partial charge in [0.2, 0.25) is 5.28 Å². The average molecular weight is 350 g/mol. The average Bonchev–Trinajstić information content (AvgIpc) is 2.83. The second-order valence-corrected chi connectivity index (χ2v) is 6.70. The first-order valence-corrected chi connectivity index (χ1v) is 7.96. The van der Waals surface area contributed by atoms with Gasteiger partial charge in [-0.15, -0.1) is 0 Å². The SMILES string of the molecule is Cn1c(S(=O)(=O)N2CCOc3c(F)ccc(F)c32)cnc1Cl. The van der Waals surface area contributed by atoms with E-state index in [9.17, 15) is 17.2 Å². The van der Waals surface area contributed by atoms with Crippen LogP contribution in [0.2, 0.25) is 5.28 Å². The maximum absolute atomic E-state index is 14.1. The Kier molecular flexibility index (Phi) is 3.48. The molecule has 0 saturated carbocycles. The number of aromatic nitrogens is 2. The third kappa shape index (κ3) is 2.12. The molecule has 118 valence electrons. The van der Waals surface area contributed by atoms with Gasteiger partial charge in [0.15, 0.2) is 22.4 Å². The molecule has 2 aromatic rings. The number of hydrogen-bond donors (Lipinski definition) is 0. The molecule has 1 aliphatic heterocycles. The van der Waals surface area contributed by atoms with E-state index >= 15 is 0 Å². The molecule has 2 heterocycles. The summed E-state index contributed by atoms with van der Waals surface area (Å²) in [6, 6.07) is 1.73. The van der Waals surface area contributed by atoms with Crippen LogP contribution in [0, 0.1) is 11.6 Å². The summed E-state index contributed by atoms with van der Waals surface area (Å²) in [5.74, 6) is -2.16. The normalized spacial score (nSPS) is 14.6. The minimum Gasteiger partial charge on any atom is -0.486 e. The molecule has 10 heteroatoms. The summed E-state index contributed by atoms with van der Waals surface area (Å²) in [5.41, 5.74) is -0.455. The van der Waals surface area contributed by atoms with Gasteiger partial charge >= 0.3 is 0 Å². The van der Waals surface area contributed by atoms with Crippen LogP contribution < -0.4 is 9.04 Å². The Balaban J connectivity index is 2.20. The quantitative estimate of drug-likeness (QED) is 0.831. The number of halogens is 3. The summed E-state index contributed by atoms with van der Waals surface area (Å²) in [7, 11) is -2.75. The molecule has 0 bridgehead atoms. The van der Waals surface area contributed by atoms with Crippen LogP contribution in [0.5, 0.6) is 5.75 Å². The highest BCUT2D eigenvalue weighted by Crippen LogP contribution is 2.39. The molecular weight excluding hydrogens is 340 g/mol. The lowest BCUT2D eigenvalue weighted by Crippen LogP contribution is -2.39. The third-order valence-corrected chi connectivity index (χ3v) is 5.47. The third-order valence-electron chi connectivity index (χ3n) is 3.27. The smallest absolute Gasteiger partial charge is 0.281 e. The zero-order valence-electron chi connectivity index (χ0n) is 11.3. The van der Waals surface area contributed by atoms with Crippen LogP contribution in [0.1, 0.15) is 0 Å². The van der Waals surface area contributed by atoms with Crippen LogP contribution in [0.25, 0.3) is 0 Å². The molecular formula is C12H10ClF2N3O3S. The molecule has 0 N–H and O–H groups in total. The van der Waals surface area contributed by atoms with Gasteiger partial charge in [0.25, 0.3) is 10.0 Å². The van der Waals surface area contributed by atoms with Gasteiger partial charge in [0, 0.05) is 7.05 Å². The molecule has 1 aromatic carbocycles. The number of sulfonamides is 1. The van der Waals surface area contributed by atoms with Crippen molar-refractivity contribution in [2.75, 3.05) is 17.5 Å². The maximum Gasteiger partial charge on any atom is 0.281 e. The fourth-order valence-electron chi connectivity index (χ4n) is 2.20. The van der Waals surface area contributed by atoms with E-state index in [4.69, 9.17) is 16.3 Å². The largest absolute Gasteiger partial charge is 0.486 e. The highest BCUT2D eigenvalue weighted by molar-refractivity contribution is 7.92. The Morgan fingerprint density at radius 2 is 2.00 bits per heavy atom. The van der Waals surface area contributed by atoms with Crippen LogP contribution in [-0.4, -0.2) is 31.1 Å². The number of anilines is 1. The van der Waals surface area contributed by atoms with E-state index < -0.39 is 33.1 Å². The predicted octanol–water partition coefficient (Wildman–Crippen LogP) is 1.94. The molecule has 1 aromatic heterocycles. The van der Waals surface area contributed by atoms with E-state index in [2.05, 4.69) is 4.98 Å². The zero-order chi connectivity index (χ0) is 16.1. The number of benzene rings is 1. The Bertz CT molecular complexity index is 854. The van der Waals surface area contributed by atoms with Crippen molar-refractivity contribution < 1.29 is 21.9 Å². The molecule has 22 heavy (non-hydrogen) atoms. The van der Waals surface area contributed by atoms with Crippen molar-refractivity contribution >= 4 is 27.3 Å². The first-order chi connectivity index (χ1) is 10.3. The van der Waals surface area contributed by atoms with Gasteiger partial charge in [0.05, 0.1) is 12.7 Å². The van der Waals surface area contributed by atoms with Gasteiger partial charge in [-0.2, -0.15) is 8.42 Å². The molecule has 0 fully saturated rings. The fourth-order valence-corrected chi connectivity index (χ4v) is 3.96. The number of ether oxygens (including phenoxy) is 1. The Morgan fingerprint density at radius 3 is 2.64 bits per heavy atom. The lowest BCUT2D eigenvalue weighted by molar-refractivity contribution is 0.296. The van der Waals surface area contributed by atoms with Gasteiger partial charge in [-0.3, -0.25) is 4.31 Å². The van der Waals surface area contributed by atoms with Crippen molar-refractivity contribution in [2.45, 2.75) is 5.03 Å². The van der Waals surface area contributed by atoms with Gasteiger partial charge < -0.3 is 9.30 Å². The van der Waals surface area contributed by atoms with Gasteiger partial charge in [-0.1, -0.05) is 0 Å². The number of fused-ring (bicyclic) bond motifs is 1. The van der Waals surface area contributed by atoms with E-state index in [0.29, 0.717) is 0 Å². The number of nitrogens with zero attached hydrogens (tertiary/aromatic N) is 3. The summed E-state index contributed by atoms with van der Waals surface area (Å²) < 4.78 is 60.2. The van der Waals surface area contributed by atoms with Gasteiger partial charge in [-0.05, 0) is 23.7 Å². The minimum absolute atomic E-state index is 0.0354. The van der Waals surface area contributed by atoms with E-state index in [1.165, 1.54) is 7.05 Å².